The van der Waals surface area contributed by atoms with Crippen molar-refractivity contribution in [3.63, 3.8) is 0 Å². The van der Waals surface area contributed by atoms with Crippen LogP contribution in [0.25, 0.3) is 5.69 Å². The molecule has 172 valence electrons. The summed E-state index contributed by atoms with van der Waals surface area (Å²) in [6.45, 7) is 6.29. The third kappa shape index (κ3) is 4.55. The van der Waals surface area contributed by atoms with Crippen molar-refractivity contribution in [1.29, 1.82) is 0 Å². The normalized spacial score (nSPS) is 15.5. The number of hydrogen-bond acceptors (Lipinski definition) is 2. The Labute approximate surface area is 200 Å². The van der Waals surface area contributed by atoms with Crippen molar-refractivity contribution in [1.82, 2.24) is 9.47 Å². The zero-order valence-corrected chi connectivity index (χ0v) is 20.1. The average molecular weight is 464 g/mol. The molecule has 6 heteroatoms. The minimum absolute atomic E-state index is 0.00669. The molecule has 0 bridgehead atoms. The molecule has 0 N–H and O–H groups in total. The van der Waals surface area contributed by atoms with E-state index in [1.807, 2.05) is 47.5 Å². The Morgan fingerprint density at radius 3 is 2.52 bits per heavy atom. The zero-order chi connectivity index (χ0) is 23.5. The van der Waals surface area contributed by atoms with E-state index in [9.17, 15) is 9.59 Å². The monoisotopic (exact) mass is 463 g/mol. The van der Waals surface area contributed by atoms with Crippen molar-refractivity contribution in [3.05, 3.63) is 83.7 Å². The van der Waals surface area contributed by atoms with Gasteiger partial charge in [0.25, 0.3) is 0 Å². The second kappa shape index (κ2) is 9.84. The minimum atomic E-state index is -0.673. The van der Waals surface area contributed by atoms with E-state index in [2.05, 4.69) is 42.7 Å². The van der Waals surface area contributed by atoms with Gasteiger partial charge in [0.15, 0.2) is 0 Å². The van der Waals surface area contributed by atoms with Crippen LogP contribution in [0.2, 0.25) is 0 Å². The van der Waals surface area contributed by atoms with Crippen LogP contribution in [0.3, 0.4) is 0 Å². The van der Waals surface area contributed by atoms with Gasteiger partial charge in [-0.05, 0) is 50.1 Å². The predicted molar refractivity (Wildman–Crippen MR) is 133 cm³/mol. The Morgan fingerprint density at radius 2 is 1.82 bits per heavy atom. The molecule has 4 rings (SSSR count). The lowest BCUT2D eigenvalue weighted by Gasteiger charge is -2.39. The second-order valence-electron chi connectivity index (χ2n) is 8.60. The third-order valence-corrected chi connectivity index (χ3v) is 6.29. The SMILES string of the molecule is CCCCN(CC(=O)N1c2ccccc2-n2cccc2C1c1cccc(C)c1)C(=O)C(C)Cl. The van der Waals surface area contributed by atoms with E-state index < -0.39 is 5.38 Å². The summed E-state index contributed by atoms with van der Waals surface area (Å²) in [6, 6.07) is 19.9. The maximum atomic E-state index is 13.9. The number of carbonyl (C=O) groups is 2. The molecular weight excluding hydrogens is 434 g/mol. The molecule has 0 saturated heterocycles. The highest BCUT2D eigenvalue weighted by molar-refractivity contribution is 6.30. The van der Waals surface area contributed by atoms with Crippen LogP contribution >= 0.6 is 11.6 Å². The third-order valence-electron chi connectivity index (χ3n) is 6.11. The van der Waals surface area contributed by atoms with Gasteiger partial charge in [-0.2, -0.15) is 0 Å². The number of hydrogen-bond donors (Lipinski definition) is 0. The molecule has 0 aliphatic carbocycles. The molecule has 2 atom stereocenters. The van der Waals surface area contributed by atoms with Gasteiger partial charge in [-0.25, -0.2) is 0 Å². The molecule has 1 aliphatic heterocycles. The molecule has 0 radical (unpaired) electrons. The van der Waals surface area contributed by atoms with Crippen molar-refractivity contribution in [2.75, 3.05) is 18.0 Å². The molecule has 0 saturated carbocycles. The van der Waals surface area contributed by atoms with Crippen molar-refractivity contribution < 1.29 is 9.59 Å². The van der Waals surface area contributed by atoms with Crippen LogP contribution in [0.4, 0.5) is 5.69 Å². The van der Waals surface area contributed by atoms with Gasteiger partial charge in [0.05, 0.1) is 17.1 Å². The minimum Gasteiger partial charge on any atom is -0.332 e. The number of carbonyl (C=O) groups excluding carboxylic acids is 2. The predicted octanol–water partition coefficient (Wildman–Crippen LogP) is 5.48. The van der Waals surface area contributed by atoms with Crippen molar-refractivity contribution >= 4 is 29.1 Å². The summed E-state index contributed by atoms with van der Waals surface area (Å²) in [5.74, 6) is -0.331. The number of anilines is 1. The largest absolute Gasteiger partial charge is 0.332 e. The summed E-state index contributed by atoms with van der Waals surface area (Å²) < 4.78 is 2.15. The Morgan fingerprint density at radius 1 is 1.06 bits per heavy atom. The van der Waals surface area contributed by atoms with Crippen molar-refractivity contribution in [2.24, 2.45) is 0 Å². The van der Waals surface area contributed by atoms with Crippen LogP contribution in [-0.2, 0) is 9.59 Å². The molecule has 1 aromatic heterocycles. The number of benzene rings is 2. The summed E-state index contributed by atoms with van der Waals surface area (Å²) in [7, 11) is 0. The van der Waals surface area contributed by atoms with Crippen molar-refractivity contribution in [3.8, 4) is 5.69 Å². The number of aryl methyl sites for hydroxylation is 1. The lowest BCUT2D eigenvalue weighted by molar-refractivity contribution is -0.134. The first kappa shape index (κ1) is 23.1. The first-order valence-corrected chi connectivity index (χ1v) is 11.9. The van der Waals surface area contributed by atoms with E-state index in [0.717, 1.165) is 41.0 Å². The van der Waals surface area contributed by atoms with Gasteiger partial charge in [-0.3, -0.25) is 14.5 Å². The molecule has 0 spiro atoms. The van der Waals surface area contributed by atoms with Crippen molar-refractivity contribution in [2.45, 2.75) is 45.0 Å². The molecule has 2 aromatic carbocycles. The standard InChI is InChI=1S/C27H30ClN3O2/c1-4-5-15-29(27(33)20(3)28)18-25(32)31-23-13-7-6-12-22(23)30-16-9-14-24(30)26(31)21-11-8-10-19(2)17-21/h6-14,16-17,20,26H,4-5,15,18H2,1-3H3. The number of amides is 2. The smallest absolute Gasteiger partial charge is 0.247 e. The summed E-state index contributed by atoms with van der Waals surface area (Å²) in [6.07, 6.45) is 3.79. The number of unbranched alkanes of at least 4 members (excludes halogenated alkanes) is 1. The fourth-order valence-corrected chi connectivity index (χ4v) is 4.66. The number of halogens is 1. The highest BCUT2D eigenvalue weighted by Crippen LogP contribution is 2.42. The zero-order valence-electron chi connectivity index (χ0n) is 19.4. The molecule has 2 unspecified atom stereocenters. The van der Waals surface area contributed by atoms with Gasteiger partial charge in [0.2, 0.25) is 11.8 Å². The molecule has 2 heterocycles. The van der Waals surface area contributed by atoms with E-state index in [1.165, 1.54) is 0 Å². The average Bonchev–Trinajstić information content (AvgIpc) is 3.30. The van der Waals surface area contributed by atoms with Crippen LogP contribution in [0, 0.1) is 6.92 Å². The first-order valence-electron chi connectivity index (χ1n) is 11.5. The lowest BCUT2D eigenvalue weighted by Crippen LogP contribution is -2.48. The fraction of sp³-hybridized carbons (Fsp3) is 0.333. The first-order chi connectivity index (χ1) is 15.9. The topological polar surface area (TPSA) is 45.6 Å². The summed E-state index contributed by atoms with van der Waals surface area (Å²) in [5.41, 5.74) is 4.97. The summed E-state index contributed by atoms with van der Waals surface area (Å²) >= 11 is 6.13. The van der Waals surface area contributed by atoms with E-state index in [-0.39, 0.29) is 24.4 Å². The van der Waals surface area contributed by atoms with Crippen LogP contribution in [0.15, 0.2) is 66.9 Å². The number of rotatable bonds is 7. The maximum absolute atomic E-state index is 13.9. The van der Waals surface area contributed by atoms with Crippen LogP contribution in [0.5, 0.6) is 0 Å². The molecule has 3 aromatic rings. The fourth-order valence-electron chi connectivity index (χ4n) is 4.52. The number of para-hydroxylation sites is 2. The molecule has 2 amide bonds. The summed E-state index contributed by atoms with van der Waals surface area (Å²) in [5, 5.41) is -0.673. The number of nitrogens with zero attached hydrogens (tertiary/aromatic N) is 3. The van der Waals surface area contributed by atoms with Crippen LogP contribution in [-0.4, -0.2) is 39.7 Å². The van der Waals surface area contributed by atoms with E-state index >= 15 is 0 Å². The summed E-state index contributed by atoms with van der Waals surface area (Å²) in [4.78, 5) is 30.2. The van der Waals surface area contributed by atoms with Gasteiger partial charge in [0, 0.05) is 12.7 Å². The molecule has 1 aliphatic rings. The Balaban J connectivity index is 1.79. The van der Waals surface area contributed by atoms with Gasteiger partial charge >= 0.3 is 0 Å². The van der Waals surface area contributed by atoms with E-state index in [4.69, 9.17) is 11.6 Å². The second-order valence-corrected chi connectivity index (χ2v) is 9.26. The van der Waals surface area contributed by atoms with E-state index in [0.29, 0.717) is 6.54 Å². The quantitative estimate of drug-likeness (QED) is 0.435. The molecular formula is C27H30ClN3O2. The van der Waals surface area contributed by atoms with E-state index in [1.54, 1.807) is 11.8 Å². The van der Waals surface area contributed by atoms with Gasteiger partial charge in [-0.15, -0.1) is 11.6 Å². The lowest BCUT2D eigenvalue weighted by atomic mass is 9.96. The Kier molecular flexibility index (Phi) is 6.89. The number of alkyl halides is 1. The molecule has 0 fully saturated rings. The van der Waals surface area contributed by atoms with Gasteiger partial charge in [-0.1, -0.05) is 55.3 Å². The molecule has 33 heavy (non-hydrogen) atoms. The van der Waals surface area contributed by atoms with Crippen LogP contribution < -0.4 is 4.90 Å². The van der Waals surface area contributed by atoms with Gasteiger partial charge in [0.1, 0.15) is 18.0 Å². The highest BCUT2D eigenvalue weighted by atomic mass is 35.5. The molecule has 5 nitrogen and oxygen atoms in total. The Hall–Kier alpha value is -3.05. The highest BCUT2D eigenvalue weighted by Gasteiger charge is 2.37. The van der Waals surface area contributed by atoms with Gasteiger partial charge < -0.3 is 9.47 Å². The Bertz CT molecular complexity index is 1150. The number of aromatic nitrogens is 1. The number of fused-ring (bicyclic) bond motifs is 3. The van der Waals surface area contributed by atoms with Crippen LogP contribution in [0.1, 0.15) is 49.6 Å². The maximum Gasteiger partial charge on any atom is 0.247 e.